The molecule has 0 nitrogen and oxygen atoms in total. The van der Waals surface area contributed by atoms with E-state index >= 15 is 0 Å². The van der Waals surface area contributed by atoms with E-state index in [-0.39, 0.29) is 34.0 Å². The van der Waals surface area contributed by atoms with Gasteiger partial charge >= 0.3 is 67.0 Å². The molecule has 0 saturated heterocycles. The van der Waals surface area contributed by atoms with Crippen LogP contribution in [0.2, 0.25) is 10.5 Å². The van der Waals surface area contributed by atoms with E-state index < -0.39 is 12.8 Å². The van der Waals surface area contributed by atoms with Gasteiger partial charge in [-0.2, -0.15) is 0 Å². The van der Waals surface area contributed by atoms with E-state index in [0.717, 1.165) is 0 Å². The molecular formula is C7H17Br2Si2Ti. The molecular weight excluding hydrogens is 348 g/mol. The Labute approximate surface area is 99.9 Å². The number of hydrogen-bond donors (Lipinski definition) is 0. The number of halogens is 2. The van der Waals surface area contributed by atoms with Crippen molar-refractivity contribution < 1.29 is 12.8 Å². The van der Waals surface area contributed by atoms with Crippen molar-refractivity contribution in [3.8, 4) is 0 Å². The van der Waals surface area contributed by atoms with Crippen LogP contribution < -0.4 is 0 Å². The van der Waals surface area contributed by atoms with Crippen molar-refractivity contribution in [1.82, 2.24) is 0 Å². The van der Waals surface area contributed by atoms with Gasteiger partial charge < -0.3 is 0 Å². The Hall–Kier alpha value is 1.59. The molecule has 0 aromatic heterocycles. The fraction of sp³-hybridized carbons (Fsp3) is 0.429. The Kier molecular flexibility index (Phi) is 6.54. The Balaban J connectivity index is 0. The molecule has 0 bridgehead atoms. The van der Waals surface area contributed by atoms with Gasteiger partial charge in [-0.15, -0.1) is 34.0 Å². The standard InChI is InChI=1S/C5H5.2CH3.2BrH.2H2Si.Ti/c1-2-4-5-3-1;;;;;;;/h1-3H,4H2;2*1H3;2*1H;2*1H2;. The minimum atomic E-state index is -1.96. The van der Waals surface area contributed by atoms with Gasteiger partial charge in [-0.3, -0.25) is 0 Å². The predicted molar refractivity (Wildman–Crippen MR) is 71.3 cm³/mol. The van der Waals surface area contributed by atoms with E-state index in [9.17, 15) is 0 Å². The first-order valence-electron chi connectivity index (χ1n) is 3.67. The first-order valence-corrected chi connectivity index (χ1v) is 15.6. The van der Waals surface area contributed by atoms with Crippen LogP contribution >= 0.6 is 34.0 Å². The monoisotopic (exact) mass is 363 g/mol. The number of rotatable bonds is 1. The Bertz CT molecular complexity index is 324. The quantitative estimate of drug-likeness (QED) is 0.623. The van der Waals surface area contributed by atoms with Crippen molar-refractivity contribution in [2.24, 2.45) is 0 Å². The van der Waals surface area contributed by atoms with E-state index in [1.54, 1.807) is 3.88 Å². The molecule has 0 saturated carbocycles. The second-order valence-corrected chi connectivity index (χ2v) is 37.6. The molecule has 5 heteroatoms. The molecule has 1 rings (SSSR count). The molecule has 1 aliphatic carbocycles. The predicted octanol–water partition coefficient (Wildman–Crippen LogP) is 1.87. The van der Waals surface area contributed by atoms with Gasteiger partial charge in [0.15, 0.2) is 0 Å². The molecule has 0 N–H and O–H groups in total. The summed E-state index contributed by atoms with van der Waals surface area (Å²) in [4.78, 5) is 0. The normalized spacial score (nSPS) is 16.1. The summed E-state index contributed by atoms with van der Waals surface area (Å²) in [6.07, 6.45) is 8.04. The molecule has 71 valence electrons. The third-order valence-corrected chi connectivity index (χ3v) is 9.62. The molecule has 0 radical (unpaired) electrons. The first kappa shape index (κ1) is 16.0. The summed E-state index contributed by atoms with van der Waals surface area (Å²) in [6, 6.07) is 0. The van der Waals surface area contributed by atoms with Gasteiger partial charge in [0.1, 0.15) is 0 Å². The van der Waals surface area contributed by atoms with Gasteiger partial charge in [0.05, 0.1) is 0 Å². The fourth-order valence-corrected chi connectivity index (χ4v) is 5.55. The molecule has 0 spiro atoms. The SMILES string of the molecule is Br.Br.[CH3][Ti]([CH3])(=[SiH2])(=[SiH2])[C]1=CC=CC1. The van der Waals surface area contributed by atoms with Gasteiger partial charge in [0, 0.05) is 0 Å². The number of hydrogen-bond acceptors (Lipinski definition) is 0. The summed E-state index contributed by atoms with van der Waals surface area (Å²) in [7, 11) is 4.54. The van der Waals surface area contributed by atoms with Gasteiger partial charge in [-0.1, -0.05) is 0 Å². The van der Waals surface area contributed by atoms with E-state index in [2.05, 4.69) is 43.9 Å². The van der Waals surface area contributed by atoms with Crippen LogP contribution in [-0.2, 0) is 12.8 Å². The van der Waals surface area contributed by atoms with Crippen molar-refractivity contribution in [3.05, 3.63) is 22.1 Å². The Morgan fingerprint density at radius 1 is 1.25 bits per heavy atom. The van der Waals surface area contributed by atoms with E-state index in [4.69, 9.17) is 0 Å². The van der Waals surface area contributed by atoms with Crippen molar-refractivity contribution in [2.45, 2.75) is 16.9 Å². The van der Waals surface area contributed by atoms with E-state index in [1.807, 2.05) is 0 Å². The summed E-state index contributed by atoms with van der Waals surface area (Å²) < 4.78 is 1.74. The van der Waals surface area contributed by atoms with Crippen molar-refractivity contribution >= 4 is 49.2 Å². The fourth-order valence-electron chi connectivity index (χ4n) is 1.08. The molecule has 0 atom stereocenters. The number of allylic oxidation sites excluding steroid dienone is 4. The molecule has 0 unspecified atom stereocenters. The second-order valence-electron chi connectivity index (χ2n) is 4.34. The average molecular weight is 365 g/mol. The maximum absolute atomic E-state index is 2.49. The molecule has 0 heterocycles. The summed E-state index contributed by atoms with van der Waals surface area (Å²) >= 11 is -1.96. The van der Waals surface area contributed by atoms with Crippen LogP contribution in [0.25, 0.3) is 0 Å². The zero-order chi connectivity index (χ0) is 7.85. The van der Waals surface area contributed by atoms with Crippen molar-refractivity contribution in [3.63, 3.8) is 0 Å². The molecule has 0 amide bonds. The van der Waals surface area contributed by atoms with E-state index in [0.29, 0.717) is 0 Å². The van der Waals surface area contributed by atoms with Gasteiger partial charge in [0.2, 0.25) is 0 Å². The van der Waals surface area contributed by atoms with Crippen LogP contribution in [0.4, 0.5) is 0 Å². The van der Waals surface area contributed by atoms with Crippen LogP contribution in [0.3, 0.4) is 0 Å². The third-order valence-electron chi connectivity index (χ3n) is 1.87. The third kappa shape index (κ3) is 4.72. The first-order chi connectivity index (χ1) is 4.36. The molecule has 0 aromatic rings. The van der Waals surface area contributed by atoms with Crippen LogP contribution in [0.15, 0.2) is 22.1 Å². The zero-order valence-corrected chi connectivity index (χ0v) is 15.5. The Morgan fingerprint density at radius 2 is 1.75 bits per heavy atom. The van der Waals surface area contributed by atoms with Crippen LogP contribution in [0.1, 0.15) is 6.42 Å². The Morgan fingerprint density at radius 3 is 1.92 bits per heavy atom. The van der Waals surface area contributed by atoms with Crippen molar-refractivity contribution in [1.29, 1.82) is 0 Å². The zero-order valence-electron chi connectivity index (χ0n) is 7.67. The molecule has 0 fully saturated rings. The maximum atomic E-state index is 2.49. The topological polar surface area (TPSA) is 0 Å². The second kappa shape index (κ2) is 4.89. The van der Waals surface area contributed by atoms with Crippen LogP contribution in [0.5, 0.6) is 0 Å². The molecule has 1 aliphatic rings. The summed E-state index contributed by atoms with van der Waals surface area (Å²) in [5.41, 5.74) is 0. The molecule has 0 aromatic carbocycles. The van der Waals surface area contributed by atoms with Crippen molar-refractivity contribution in [2.75, 3.05) is 0 Å². The van der Waals surface area contributed by atoms with Gasteiger partial charge in [0.25, 0.3) is 0 Å². The van der Waals surface area contributed by atoms with Crippen LogP contribution in [-0.4, -0.2) is 15.3 Å². The molecule has 12 heavy (non-hydrogen) atoms. The molecule has 0 aliphatic heterocycles. The van der Waals surface area contributed by atoms with Gasteiger partial charge in [-0.25, -0.2) is 0 Å². The summed E-state index contributed by atoms with van der Waals surface area (Å²) in [5, 5.41) is 4.99. The summed E-state index contributed by atoms with van der Waals surface area (Å²) in [5.74, 6) is 0. The van der Waals surface area contributed by atoms with Gasteiger partial charge in [-0.05, 0) is 0 Å². The minimum absolute atomic E-state index is 0. The van der Waals surface area contributed by atoms with Crippen LogP contribution in [0, 0.1) is 0 Å². The summed E-state index contributed by atoms with van der Waals surface area (Å²) in [6.45, 7) is 0. The van der Waals surface area contributed by atoms with E-state index in [1.165, 1.54) is 6.42 Å². The average Bonchev–Trinajstić information content (AvgIpc) is 2.04.